The van der Waals surface area contributed by atoms with Crippen molar-refractivity contribution in [3.8, 4) is 0 Å². The molecular weight excluding hydrogens is 407 g/mol. The largest absolute Gasteiger partial charge is 0.416 e. The standard InChI is InChI=1S/C18H16F7N3O/c19-13-15(14(20)17(22)27-16(13)21)26-9-12(28-5-7-29-8-6-28)10-1-3-11(4-2-10)18(23,24)25/h1-4,12H,5-9H2,(H,26,27). The second kappa shape index (κ2) is 8.54. The van der Waals surface area contributed by atoms with Crippen LogP contribution < -0.4 is 5.32 Å². The fourth-order valence-electron chi connectivity index (χ4n) is 3.08. The number of hydrogen-bond donors (Lipinski definition) is 1. The SMILES string of the molecule is Fc1nc(F)c(F)c(NCC(c2ccc(C(F)(F)F)cc2)N2CCOCC2)c1F. The van der Waals surface area contributed by atoms with Crippen LogP contribution in [0.25, 0.3) is 0 Å². The fraction of sp³-hybridized carbons (Fsp3) is 0.389. The predicted molar refractivity (Wildman–Crippen MR) is 89.1 cm³/mol. The molecule has 1 aromatic carbocycles. The number of morpholine rings is 1. The van der Waals surface area contributed by atoms with E-state index in [0.717, 1.165) is 12.1 Å². The van der Waals surface area contributed by atoms with Gasteiger partial charge in [-0.3, -0.25) is 4.90 Å². The lowest BCUT2D eigenvalue weighted by Gasteiger charge is -2.35. The zero-order valence-electron chi connectivity index (χ0n) is 14.9. The van der Waals surface area contributed by atoms with Gasteiger partial charge in [-0.05, 0) is 17.7 Å². The molecule has 11 heteroatoms. The van der Waals surface area contributed by atoms with Crippen molar-refractivity contribution >= 4 is 5.69 Å². The number of halogens is 7. The van der Waals surface area contributed by atoms with Crippen LogP contribution >= 0.6 is 0 Å². The summed E-state index contributed by atoms with van der Waals surface area (Å²) in [5, 5.41) is 2.33. The van der Waals surface area contributed by atoms with Crippen molar-refractivity contribution in [1.29, 1.82) is 0 Å². The molecule has 0 saturated carbocycles. The first kappa shape index (κ1) is 21.3. The van der Waals surface area contributed by atoms with E-state index in [1.54, 1.807) is 0 Å². The van der Waals surface area contributed by atoms with Gasteiger partial charge in [-0.1, -0.05) is 12.1 Å². The number of rotatable bonds is 5. The van der Waals surface area contributed by atoms with Gasteiger partial charge >= 0.3 is 6.18 Å². The molecule has 1 aliphatic rings. The van der Waals surface area contributed by atoms with Crippen LogP contribution in [0.3, 0.4) is 0 Å². The molecule has 4 nitrogen and oxygen atoms in total. The maximum absolute atomic E-state index is 13.9. The molecule has 1 unspecified atom stereocenters. The minimum absolute atomic E-state index is 0.220. The lowest BCUT2D eigenvalue weighted by atomic mass is 10.0. The van der Waals surface area contributed by atoms with Crippen LogP contribution in [0.1, 0.15) is 17.2 Å². The second-order valence-corrected chi connectivity index (χ2v) is 6.36. The number of aromatic nitrogens is 1. The van der Waals surface area contributed by atoms with E-state index in [-0.39, 0.29) is 6.54 Å². The fourth-order valence-corrected chi connectivity index (χ4v) is 3.08. The average Bonchev–Trinajstić information content (AvgIpc) is 2.69. The first-order valence-electron chi connectivity index (χ1n) is 8.61. The predicted octanol–water partition coefficient (Wildman–Crippen LogP) is 4.14. The smallest absolute Gasteiger partial charge is 0.379 e. The Kier molecular flexibility index (Phi) is 6.27. The summed E-state index contributed by atoms with van der Waals surface area (Å²) in [5.74, 6) is -6.97. The highest BCUT2D eigenvalue weighted by Crippen LogP contribution is 2.31. The van der Waals surface area contributed by atoms with Gasteiger partial charge in [0.1, 0.15) is 5.69 Å². The van der Waals surface area contributed by atoms with E-state index in [2.05, 4.69) is 10.3 Å². The number of hydrogen-bond acceptors (Lipinski definition) is 4. The highest BCUT2D eigenvalue weighted by Gasteiger charge is 2.31. The van der Waals surface area contributed by atoms with Gasteiger partial charge in [-0.15, -0.1) is 0 Å². The van der Waals surface area contributed by atoms with Crippen LogP contribution in [0.15, 0.2) is 24.3 Å². The molecule has 3 rings (SSSR count). The van der Waals surface area contributed by atoms with Crippen molar-refractivity contribution in [2.45, 2.75) is 12.2 Å². The third kappa shape index (κ3) is 4.78. The van der Waals surface area contributed by atoms with Crippen LogP contribution in [0, 0.1) is 23.5 Å². The minimum Gasteiger partial charge on any atom is -0.379 e. The van der Waals surface area contributed by atoms with E-state index in [1.165, 1.54) is 12.1 Å². The van der Waals surface area contributed by atoms with Crippen molar-refractivity contribution in [3.63, 3.8) is 0 Å². The number of ether oxygens (including phenoxy) is 1. The lowest BCUT2D eigenvalue weighted by molar-refractivity contribution is -0.137. The van der Waals surface area contributed by atoms with Crippen LogP contribution in [0.2, 0.25) is 0 Å². The number of nitrogens with one attached hydrogen (secondary N) is 1. The Bertz CT molecular complexity index is 826. The molecule has 0 radical (unpaired) electrons. The quantitative estimate of drug-likeness (QED) is 0.580. The Balaban J connectivity index is 1.87. The Labute approximate surface area is 161 Å². The molecule has 0 amide bonds. The van der Waals surface area contributed by atoms with Crippen LogP contribution in [0.4, 0.5) is 36.4 Å². The highest BCUT2D eigenvalue weighted by atomic mass is 19.4. The van der Waals surface area contributed by atoms with E-state index in [9.17, 15) is 30.7 Å². The number of alkyl halides is 3. The summed E-state index contributed by atoms with van der Waals surface area (Å²) in [7, 11) is 0. The number of pyridine rings is 1. The first-order chi connectivity index (χ1) is 13.7. The van der Waals surface area contributed by atoms with E-state index >= 15 is 0 Å². The average molecular weight is 423 g/mol. The van der Waals surface area contributed by atoms with E-state index in [1.807, 2.05) is 4.90 Å². The molecule has 1 atom stereocenters. The minimum atomic E-state index is -4.51. The van der Waals surface area contributed by atoms with Gasteiger partial charge in [-0.2, -0.15) is 35.7 Å². The number of nitrogens with zero attached hydrogens (tertiary/aromatic N) is 2. The Hall–Kier alpha value is -2.40. The third-order valence-electron chi connectivity index (χ3n) is 4.58. The summed E-state index contributed by atoms with van der Waals surface area (Å²) in [5.41, 5.74) is -1.44. The zero-order valence-corrected chi connectivity index (χ0v) is 14.9. The van der Waals surface area contributed by atoms with Crippen LogP contribution in [0.5, 0.6) is 0 Å². The van der Waals surface area contributed by atoms with E-state index < -0.39 is 47.0 Å². The monoisotopic (exact) mass is 423 g/mol. The third-order valence-corrected chi connectivity index (χ3v) is 4.58. The molecule has 29 heavy (non-hydrogen) atoms. The van der Waals surface area contributed by atoms with Crippen LogP contribution in [-0.4, -0.2) is 42.7 Å². The van der Waals surface area contributed by atoms with Crippen molar-refractivity contribution in [3.05, 3.63) is 58.9 Å². The molecule has 2 heterocycles. The molecule has 1 fully saturated rings. The summed E-state index contributed by atoms with van der Waals surface area (Å²) >= 11 is 0. The summed E-state index contributed by atoms with van der Waals surface area (Å²) in [6.07, 6.45) is -4.51. The normalized spacial score (nSPS) is 16.7. The molecule has 1 aliphatic heterocycles. The highest BCUT2D eigenvalue weighted by molar-refractivity contribution is 5.46. The van der Waals surface area contributed by atoms with Crippen LogP contribution in [-0.2, 0) is 10.9 Å². The van der Waals surface area contributed by atoms with Gasteiger partial charge in [-0.25, -0.2) is 0 Å². The van der Waals surface area contributed by atoms with Gasteiger partial charge < -0.3 is 10.1 Å². The van der Waals surface area contributed by atoms with Gasteiger partial charge in [0.2, 0.25) is 11.6 Å². The van der Waals surface area contributed by atoms with Gasteiger partial charge in [0.25, 0.3) is 11.9 Å². The summed E-state index contributed by atoms with van der Waals surface area (Å²) < 4.78 is 98.0. The number of anilines is 1. The van der Waals surface area contributed by atoms with Crippen molar-refractivity contribution in [2.75, 3.05) is 38.2 Å². The second-order valence-electron chi connectivity index (χ2n) is 6.36. The maximum Gasteiger partial charge on any atom is 0.416 e. The van der Waals surface area contributed by atoms with Crippen molar-refractivity contribution < 1.29 is 35.5 Å². The molecule has 1 saturated heterocycles. The van der Waals surface area contributed by atoms with E-state index in [4.69, 9.17) is 4.74 Å². The van der Waals surface area contributed by atoms with Crippen molar-refractivity contribution in [1.82, 2.24) is 9.88 Å². The Morgan fingerprint density at radius 2 is 1.52 bits per heavy atom. The molecule has 158 valence electrons. The topological polar surface area (TPSA) is 37.4 Å². The van der Waals surface area contributed by atoms with Gasteiger partial charge in [0, 0.05) is 19.6 Å². The van der Waals surface area contributed by atoms with E-state index in [0.29, 0.717) is 31.9 Å². The summed E-state index contributed by atoms with van der Waals surface area (Å²) in [6.45, 7) is 1.33. The molecular formula is C18H16F7N3O. The molecule has 1 N–H and O–H groups in total. The lowest BCUT2D eigenvalue weighted by Crippen LogP contribution is -2.41. The van der Waals surface area contributed by atoms with Crippen molar-refractivity contribution in [2.24, 2.45) is 0 Å². The molecule has 0 spiro atoms. The Morgan fingerprint density at radius 3 is 2.03 bits per heavy atom. The maximum atomic E-state index is 13.9. The zero-order chi connectivity index (χ0) is 21.2. The Morgan fingerprint density at radius 1 is 0.966 bits per heavy atom. The van der Waals surface area contributed by atoms with Gasteiger partial charge in [0.05, 0.1) is 24.8 Å². The molecule has 2 aromatic rings. The molecule has 0 aliphatic carbocycles. The first-order valence-corrected chi connectivity index (χ1v) is 8.61. The molecule has 0 bridgehead atoms. The summed E-state index contributed by atoms with van der Waals surface area (Å²) in [6, 6.07) is 3.68. The van der Waals surface area contributed by atoms with Gasteiger partial charge in [0.15, 0.2) is 0 Å². The summed E-state index contributed by atoms with van der Waals surface area (Å²) in [4.78, 5) is 4.32. The number of benzene rings is 1. The molecule has 1 aromatic heterocycles.